The van der Waals surface area contributed by atoms with Gasteiger partial charge in [0.25, 0.3) is 5.91 Å². The number of amides is 1. The smallest absolute Gasteiger partial charge is 0.262 e. The summed E-state index contributed by atoms with van der Waals surface area (Å²) in [6, 6.07) is 18.8. The largest absolute Gasteiger partial charge is 0.497 e. The molecule has 1 amide bonds. The number of benzene rings is 2. The first kappa shape index (κ1) is 18.6. The molecule has 1 N–H and O–H groups in total. The number of para-hydroxylation sites is 1. The van der Waals surface area contributed by atoms with Gasteiger partial charge in [-0.1, -0.05) is 30.3 Å². The van der Waals surface area contributed by atoms with Gasteiger partial charge in [-0.15, -0.1) is 0 Å². The molecule has 6 nitrogen and oxygen atoms in total. The van der Waals surface area contributed by atoms with Crippen LogP contribution in [-0.4, -0.2) is 29.0 Å². The van der Waals surface area contributed by atoms with E-state index in [4.69, 9.17) is 14.5 Å². The number of aryl methyl sites for hydroxylation is 1. The van der Waals surface area contributed by atoms with Crippen LogP contribution in [0.15, 0.2) is 73.1 Å². The van der Waals surface area contributed by atoms with Crippen LogP contribution in [-0.2, 0) is 4.79 Å². The summed E-state index contributed by atoms with van der Waals surface area (Å²) >= 11 is 0. The molecule has 4 rings (SSSR count). The first-order valence-corrected chi connectivity index (χ1v) is 9.24. The van der Waals surface area contributed by atoms with Gasteiger partial charge in [-0.2, -0.15) is 0 Å². The SMILES string of the molecule is COc1cccc(OCC(=O)Nc2ccccc2-c2cn3cccc(C)c3n2)c1. The molecule has 0 aliphatic rings. The second-order valence-corrected chi connectivity index (χ2v) is 6.61. The summed E-state index contributed by atoms with van der Waals surface area (Å²) in [4.78, 5) is 17.2. The summed E-state index contributed by atoms with van der Waals surface area (Å²) in [5.74, 6) is 0.999. The Kier molecular flexibility index (Phi) is 5.16. The number of pyridine rings is 1. The molecule has 0 saturated carbocycles. The number of carbonyl (C=O) groups is 1. The zero-order valence-electron chi connectivity index (χ0n) is 16.3. The fourth-order valence-electron chi connectivity index (χ4n) is 3.13. The average molecular weight is 387 g/mol. The van der Waals surface area contributed by atoms with Gasteiger partial charge in [-0.05, 0) is 36.8 Å². The molecule has 0 radical (unpaired) electrons. The topological polar surface area (TPSA) is 64.9 Å². The highest BCUT2D eigenvalue weighted by Crippen LogP contribution is 2.28. The minimum absolute atomic E-state index is 0.105. The third kappa shape index (κ3) is 4.06. The van der Waals surface area contributed by atoms with Crippen molar-refractivity contribution in [3.8, 4) is 22.8 Å². The maximum absolute atomic E-state index is 12.5. The maximum Gasteiger partial charge on any atom is 0.262 e. The van der Waals surface area contributed by atoms with E-state index < -0.39 is 0 Å². The van der Waals surface area contributed by atoms with Gasteiger partial charge in [0.1, 0.15) is 17.1 Å². The van der Waals surface area contributed by atoms with E-state index in [1.165, 1.54) is 0 Å². The molecule has 2 heterocycles. The molecule has 0 spiro atoms. The Bertz CT molecular complexity index is 1170. The predicted octanol–water partition coefficient (Wildman–Crippen LogP) is 4.34. The van der Waals surface area contributed by atoms with Crippen LogP contribution in [0.2, 0.25) is 0 Å². The highest BCUT2D eigenvalue weighted by Gasteiger charge is 2.12. The molecule has 6 heteroatoms. The average Bonchev–Trinajstić information content (AvgIpc) is 3.18. The van der Waals surface area contributed by atoms with E-state index in [-0.39, 0.29) is 12.5 Å². The van der Waals surface area contributed by atoms with E-state index in [2.05, 4.69) is 5.32 Å². The Labute approximate surface area is 168 Å². The van der Waals surface area contributed by atoms with Crippen LogP contribution in [0.3, 0.4) is 0 Å². The molecule has 146 valence electrons. The van der Waals surface area contributed by atoms with Crippen LogP contribution in [0.5, 0.6) is 11.5 Å². The number of methoxy groups -OCH3 is 1. The lowest BCUT2D eigenvalue weighted by molar-refractivity contribution is -0.118. The predicted molar refractivity (Wildman–Crippen MR) is 112 cm³/mol. The third-order valence-corrected chi connectivity index (χ3v) is 4.57. The standard InChI is InChI=1S/C23H21N3O3/c1-16-7-6-12-26-14-21(25-23(16)26)19-10-3-4-11-20(19)24-22(27)15-29-18-9-5-8-17(13-18)28-2/h3-14H,15H2,1-2H3,(H,24,27). The van der Waals surface area contributed by atoms with E-state index in [0.717, 1.165) is 22.5 Å². The van der Waals surface area contributed by atoms with Crippen molar-refractivity contribution in [3.05, 3.63) is 78.6 Å². The monoisotopic (exact) mass is 387 g/mol. The number of imidazole rings is 1. The van der Waals surface area contributed by atoms with Crippen molar-refractivity contribution in [2.24, 2.45) is 0 Å². The fourth-order valence-corrected chi connectivity index (χ4v) is 3.13. The summed E-state index contributed by atoms with van der Waals surface area (Å²) in [6.45, 7) is 1.92. The molecule has 0 saturated heterocycles. The van der Waals surface area contributed by atoms with Gasteiger partial charge in [0.15, 0.2) is 6.61 Å². The highest BCUT2D eigenvalue weighted by atomic mass is 16.5. The zero-order valence-corrected chi connectivity index (χ0v) is 16.3. The number of carbonyl (C=O) groups excluding carboxylic acids is 1. The summed E-state index contributed by atoms with van der Waals surface area (Å²) in [5.41, 5.74) is 4.32. The molecule has 4 aromatic rings. The first-order valence-electron chi connectivity index (χ1n) is 9.24. The zero-order chi connectivity index (χ0) is 20.2. The lowest BCUT2D eigenvalue weighted by atomic mass is 10.1. The van der Waals surface area contributed by atoms with Crippen molar-refractivity contribution >= 4 is 17.2 Å². The molecule has 2 aromatic heterocycles. The molecule has 0 fully saturated rings. The van der Waals surface area contributed by atoms with Gasteiger partial charge in [0, 0.05) is 24.0 Å². The van der Waals surface area contributed by atoms with E-state index in [1.807, 2.05) is 72.2 Å². The summed E-state index contributed by atoms with van der Waals surface area (Å²) in [7, 11) is 1.59. The number of fused-ring (bicyclic) bond motifs is 1. The van der Waals surface area contributed by atoms with Crippen molar-refractivity contribution < 1.29 is 14.3 Å². The van der Waals surface area contributed by atoms with Gasteiger partial charge in [-0.3, -0.25) is 4.79 Å². The normalized spacial score (nSPS) is 10.7. The van der Waals surface area contributed by atoms with E-state index in [0.29, 0.717) is 17.2 Å². The quantitative estimate of drug-likeness (QED) is 0.535. The highest BCUT2D eigenvalue weighted by molar-refractivity contribution is 5.96. The lowest BCUT2D eigenvalue weighted by Gasteiger charge is -2.11. The Morgan fingerprint density at radius 2 is 1.90 bits per heavy atom. The van der Waals surface area contributed by atoms with Crippen LogP contribution in [0.4, 0.5) is 5.69 Å². The first-order chi connectivity index (χ1) is 14.1. The summed E-state index contributed by atoms with van der Waals surface area (Å²) < 4.78 is 12.7. The van der Waals surface area contributed by atoms with Gasteiger partial charge >= 0.3 is 0 Å². The summed E-state index contributed by atoms with van der Waals surface area (Å²) in [5, 5.41) is 2.92. The Hall–Kier alpha value is -3.80. The third-order valence-electron chi connectivity index (χ3n) is 4.57. The Morgan fingerprint density at radius 1 is 1.07 bits per heavy atom. The maximum atomic E-state index is 12.5. The minimum Gasteiger partial charge on any atom is -0.497 e. The van der Waals surface area contributed by atoms with Crippen molar-refractivity contribution in [1.29, 1.82) is 0 Å². The van der Waals surface area contributed by atoms with Gasteiger partial charge < -0.3 is 19.2 Å². The molecule has 2 aromatic carbocycles. The number of aromatic nitrogens is 2. The molecule has 0 atom stereocenters. The molecule has 0 unspecified atom stereocenters. The van der Waals surface area contributed by atoms with Crippen LogP contribution < -0.4 is 14.8 Å². The second kappa shape index (κ2) is 8.06. The van der Waals surface area contributed by atoms with Crippen LogP contribution in [0.25, 0.3) is 16.9 Å². The number of rotatable bonds is 6. The fraction of sp³-hybridized carbons (Fsp3) is 0.130. The summed E-state index contributed by atoms with van der Waals surface area (Å²) in [6.07, 6.45) is 3.92. The number of anilines is 1. The minimum atomic E-state index is -0.250. The second-order valence-electron chi connectivity index (χ2n) is 6.61. The van der Waals surface area contributed by atoms with Crippen LogP contribution >= 0.6 is 0 Å². The van der Waals surface area contributed by atoms with Crippen LogP contribution in [0.1, 0.15) is 5.56 Å². The molecular formula is C23H21N3O3. The van der Waals surface area contributed by atoms with Gasteiger partial charge in [0.05, 0.1) is 18.5 Å². The van der Waals surface area contributed by atoms with Crippen molar-refractivity contribution in [2.75, 3.05) is 19.0 Å². The number of nitrogens with one attached hydrogen (secondary N) is 1. The molecule has 0 aliphatic heterocycles. The van der Waals surface area contributed by atoms with Crippen molar-refractivity contribution in [1.82, 2.24) is 9.38 Å². The molecule has 0 aliphatic carbocycles. The number of ether oxygens (including phenoxy) is 2. The van der Waals surface area contributed by atoms with E-state index in [9.17, 15) is 4.79 Å². The molecular weight excluding hydrogens is 366 g/mol. The Balaban J connectivity index is 1.52. The van der Waals surface area contributed by atoms with E-state index in [1.54, 1.807) is 19.2 Å². The number of hydrogen-bond acceptors (Lipinski definition) is 4. The number of nitrogens with zero attached hydrogens (tertiary/aromatic N) is 2. The lowest BCUT2D eigenvalue weighted by Crippen LogP contribution is -2.20. The van der Waals surface area contributed by atoms with Gasteiger partial charge in [-0.25, -0.2) is 4.98 Å². The van der Waals surface area contributed by atoms with E-state index >= 15 is 0 Å². The number of hydrogen-bond donors (Lipinski definition) is 1. The Morgan fingerprint density at radius 3 is 2.72 bits per heavy atom. The van der Waals surface area contributed by atoms with Crippen molar-refractivity contribution in [3.63, 3.8) is 0 Å². The van der Waals surface area contributed by atoms with Gasteiger partial charge in [0.2, 0.25) is 0 Å². The van der Waals surface area contributed by atoms with Crippen LogP contribution in [0, 0.1) is 6.92 Å². The molecule has 0 bridgehead atoms. The molecule has 29 heavy (non-hydrogen) atoms. The van der Waals surface area contributed by atoms with Crippen molar-refractivity contribution in [2.45, 2.75) is 6.92 Å².